The van der Waals surface area contributed by atoms with Crippen LogP contribution in [0.2, 0.25) is 0 Å². The molecule has 2 atom stereocenters. The first-order valence-corrected chi connectivity index (χ1v) is 12.0. The molecule has 1 unspecified atom stereocenters. The van der Waals surface area contributed by atoms with Gasteiger partial charge in [0, 0.05) is 24.4 Å². The average molecular weight is 465 g/mol. The van der Waals surface area contributed by atoms with Crippen molar-refractivity contribution < 1.29 is 24.2 Å². The van der Waals surface area contributed by atoms with Crippen molar-refractivity contribution in [3.63, 3.8) is 0 Å². The van der Waals surface area contributed by atoms with Gasteiger partial charge in [-0.25, -0.2) is 4.79 Å². The van der Waals surface area contributed by atoms with Crippen LogP contribution < -0.4 is 10.6 Å². The summed E-state index contributed by atoms with van der Waals surface area (Å²) in [5, 5.41) is 14.8. The maximum absolute atomic E-state index is 12.7. The molecule has 1 saturated carbocycles. The Bertz CT molecular complexity index is 1020. The number of carbonyl (C=O) groups is 3. The number of alkyl carbamates (subject to hydrolysis) is 1. The molecule has 3 N–H and O–H groups in total. The Morgan fingerprint density at radius 3 is 2.06 bits per heavy atom. The van der Waals surface area contributed by atoms with E-state index in [4.69, 9.17) is 9.84 Å². The average Bonchev–Trinajstić information content (AvgIpc) is 3.59. The summed E-state index contributed by atoms with van der Waals surface area (Å²) in [6, 6.07) is 15.6. The number of benzene rings is 2. The predicted molar refractivity (Wildman–Crippen MR) is 128 cm³/mol. The summed E-state index contributed by atoms with van der Waals surface area (Å²) in [5.41, 5.74) is 4.63. The van der Waals surface area contributed by atoms with Gasteiger partial charge in [0.05, 0.1) is 6.42 Å². The predicted octanol–water partition coefficient (Wildman–Crippen LogP) is 4.31. The fourth-order valence-electron chi connectivity index (χ4n) is 4.73. The highest BCUT2D eigenvalue weighted by Crippen LogP contribution is 2.44. The monoisotopic (exact) mass is 464 g/mol. The molecule has 0 radical (unpaired) electrons. The molecule has 0 heterocycles. The van der Waals surface area contributed by atoms with Crippen LogP contribution in [-0.4, -0.2) is 41.8 Å². The molecule has 0 saturated heterocycles. The molecule has 2 aromatic rings. The molecule has 180 valence electrons. The first-order valence-electron chi connectivity index (χ1n) is 12.0. The normalized spacial score (nSPS) is 16.3. The Labute approximate surface area is 199 Å². The lowest BCUT2D eigenvalue weighted by Gasteiger charge is -2.23. The summed E-state index contributed by atoms with van der Waals surface area (Å²) >= 11 is 0. The first-order chi connectivity index (χ1) is 16.3. The van der Waals surface area contributed by atoms with Gasteiger partial charge >= 0.3 is 12.1 Å². The van der Waals surface area contributed by atoms with Crippen molar-refractivity contribution in [1.29, 1.82) is 0 Å². The van der Waals surface area contributed by atoms with Gasteiger partial charge in [-0.1, -0.05) is 62.4 Å². The van der Waals surface area contributed by atoms with Crippen molar-refractivity contribution in [2.45, 2.75) is 57.5 Å². The number of ether oxygens (including phenoxy) is 1. The third kappa shape index (κ3) is 5.58. The molecular weight excluding hydrogens is 432 g/mol. The van der Waals surface area contributed by atoms with Crippen molar-refractivity contribution in [3.8, 4) is 11.1 Å². The standard InChI is InChI=1S/C27H32N2O5/c1-16(2)23(14-26(31)32)28-25(30)13-24(17-11-12-17)29-27(33)34-15-22-20-9-5-3-7-18(20)19-8-4-6-10-21(19)22/h3-10,16-17,22-24H,11-15H2,1-2H3,(H,28,30)(H,29,33)(H,31,32)/t23-,24?/m1/s1. The van der Waals surface area contributed by atoms with Crippen molar-refractivity contribution in [1.82, 2.24) is 10.6 Å². The van der Waals surface area contributed by atoms with Crippen LogP contribution in [-0.2, 0) is 14.3 Å². The molecule has 0 bridgehead atoms. The van der Waals surface area contributed by atoms with E-state index in [1.165, 1.54) is 11.1 Å². The summed E-state index contributed by atoms with van der Waals surface area (Å²) in [4.78, 5) is 36.4. The van der Waals surface area contributed by atoms with E-state index in [1.54, 1.807) is 0 Å². The van der Waals surface area contributed by atoms with E-state index in [0.717, 1.165) is 24.0 Å². The van der Waals surface area contributed by atoms with Gasteiger partial charge in [-0.15, -0.1) is 0 Å². The maximum atomic E-state index is 12.7. The van der Waals surface area contributed by atoms with Crippen LogP contribution >= 0.6 is 0 Å². The number of carboxylic acid groups (broad SMARTS) is 1. The molecule has 1 fully saturated rings. The Balaban J connectivity index is 1.34. The molecule has 2 amide bonds. The fraction of sp³-hybridized carbons (Fsp3) is 0.444. The highest BCUT2D eigenvalue weighted by atomic mass is 16.5. The molecular formula is C27H32N2O5. The molecule has 4 rings (SSSR count). The van der Waals surface area contributed by atoms with E-state index < -0.39 is 18.1 Å². The van der Waals surface area contributed by atoms with Crippen molar-refractivity contribution in [2.75, 3.05) is 6.61 Å². The molecule has 2 aliphatic carbocycles. The molecule has 7 nitrogen and oxygen atoms in total. The number of aliphatic carboxylic acids is 1. The molecule has 2 aromatic carbocycles. The maximum Gasteiger partial charge on any atom is 0.407 e. The molecule has 34 heavy (non-hydrogen) atoms. The third-order valence-corrected chi connectivity index (χ3v) is 6.79. The van der Waals surface area contributed by atoms with E-state index in [9.17, 15) is 14.4 Å². The van der Waals surface area contributed by atoms with E-state index in [-0.39, 0.29) is 49.2 Å². The zero-order valence-electron chi connectivity index (χ0n) is 19.6. The zero-order chi connectivity index (χ0) is 24.2. The van der Waals surface area contributed by atoms with Crippen LogP contribution in [0.3, 0.4) is 0 Å². The van der Waals surface area contributed by atoms with Gasteiger partial charge in [0.2, 0.25) is 5.91 Å². The summed E-state index contributed by atoms with van der Waals surface area (Å²) < 4.78 is 5.64. The Hall–Kier alpha value is -3.35. The van der Waals surface area contributed by atoms with Crippen LogP contribution in [0.4, 0.5) is 4.79 Å². The molecule has 7 heteroatoms. The molecule has 0 aromatic heterocycles. The topological polar surface area (TPSA) is 105 Å². The van der Waals surface area contributed by atoms with E-state index >= 15 is 0 Å². The van der Waals surface area contributed by atoms with Gasteiger partial charge in [0.1, 0.15) is 6.61 Å². The van der Waals surface area contributed by atoms with Gasteiger partial charge in [0.15, 0.2) is 0 Å². The third-order valence-electron chi connectivity index (χ3n) is 6.79. The number of hydrogen-bond acceptors (Lipinski definition) is 4. The smallest absolute Gasteiger partial charge is 0.407 e. The fourth-order valence-corrected chi connectivity index (χ4v) is 4.73. The zero-order valence-corrected chi connectivity index (χ0v) is 19.6. The minimum atomic E-state index is -0.950. The van der Waals surface area contributed by atoms with E-state index in [0.29, 0.717) is 0 Å². The number of carboxylic acids is 1. The van der Waals surface area contributed by atoms with Crippen LogP contribution in [0.15, 0.2) is 48.5 Å². The van der Waals surface area contributed by atoms with Crippen LogP contribution in [0, 0.1) is 11.8 Å². The second kappa shape index (κ2) is 10.3. The number of hydrogen-bond donors (Lipinski definition) is 3. The SMILES string of the molecule is CC(C)[C@@H](CC(=O)O)NC(=O)CC(NC(=O)OCC1c2ccccc2-c2ccccc21)C1CC1. The Kier molecular flexibility index (Phi) is 7.20. The van der Waals surface area contributed by atoms with Gasteiger partial charge < -0.3 is 20.5 Å². The first kappa shape index (κ1) is 23.8. The largest absolute Gasteiger partial charge is 0.481 e. The number of amides is 2. The summed E-state index contributed by atoms with van der Waals surface area (Å²) in [5.74, 6) is -0.994. The van der Waals surface area contributed by atoms with Crippen LogP contribution in [0.5, 0.6) is 0 Å². The van der Waals surface area contributed by atoms with E-state index in [2.05, 4.69) is 34.9 Å². The highest BCUT2D eigenvalue weighted by molar-refractivity contribution is 5.80. The van der Waals surface area contributed by atoms with Crippen LogP contribution in [0.1, 0.15) is 56.6 Å². The van der Waals surface area contributed by atoms with Gasteiger partial charge in [0.25, 0.3) is 0 Å². The number of rotatable bonds is 10. The minimum Gasteiger partial charge on any atom is -0.481 e. The lowest BCUT2D eigenvalue weighted by atomic mass is 9.98. The lowest BCUT2D eigenvalue weighted by molar-refractivity contribution is -0.138. The minimum absolute atomic E-state index is 0.00508. The van der Waals surface area contributed by atoms with Crippen LogP contribution in [0.25, 0.3) is 11.1 Å². The lowest BCUT2D eigenvalue weighted by Crippen LogP contribution is -2.45. The Morgan fingerprint density at radius 2 is 1.53 bits per heavy atom. The summed E-state index contributed by atoms with van der Waals surface area (Å²) in [6.45, 7) is 3.97. The Morgan fingerprint density at radius 1 is 0.941 bits per heavy atom. The van der Waals surface area contributed by atoms with Crippen molar-refractivity contribution >= 4 is 18.0 Å². The highest BCUT2D eigenvalue weighted by Gasteiger charge is 2.35. The second-order valence-electron chi connectivity index (χ2n) is 9.63. The number of carbonyl (C=O) groups excluding carboxylic acids is 2. The van der Waals surface area contributed by atoms with Crippen molar-refractivity contribution in [3.05, 3.63) is 59.7 Å². The van der Waals surface area contributed by atoms with Gasteiger partial charge in [-0.2, -0.15) is 0 Å². The molecule has 0 aliphatic heterocycles. The van der Waals surface area contributed by atoms with Gasteiger partial charge in [-0.05, 0) is 46.9 Å². The van der Waals surface area contributed by atoms with E-state index in [1.807, 2.05) is 38.1 Å². The number of nitrogens with one attached hydrogen (secondary N) is 2. The second-order valence-corrected chi connectivity index (χ2v) is 9.63. The van der Waals surface area contributed by atoms with Crippen molar-refractivity contribution in [2.24, 2.45) is 11.8 Å². The molecule has 0 spiro atoms. The van der Waals surface area contributed by atoms with Gasteiger partial charge in [-0.3, -0.25) is 9.59 Å². The summed E-state index contributed by atoms with van der Waals surface area (Å²) in [6.07, 6.45) is 1.35. The molecule has 2 aliphatic rings. The quantitative estimate of drug-likeness (QED) is 0.486. The number of fused-ring (bicyclic) bond motifs is 3. The summed E-state index contributed by atoms with van der Waals surface area (Å²) in [7, 11) is 0.